The molecule has 1 aromatic heterocycles. The fourth-order valence-electron chi connectivity index (χ4n) is 3.87. The lowest BCUT2D eigenvalue weighted by Gasteiger charge is -2.36. The van der Waals surface area contributed by atoms with Crippen LogP contribution in [0, 0.1) is 0 Å². The number of amides is 1. The topological polar surface area (TPSA) is 89.7 Å². The van der Waals surface area contributed by atoms with Gasteiger partial charge in [-0.05, 0) is 27.7 Å². The van der Waals surface area contributed by atoms with Gasteiger partial charge in [0, 0.05) is 78.1 Å². The van der Waals surface area contributed by atoms with Crippen molar-refractivity contribution in [3.8, 4) is 0 Å². The predicted octanol–water partition coefficient (Wildman–Crippen LogP) is 1.93. The Kier molecular flexibility index (Phi) is 11.2. The Morgan fingerprint density at radius 3 is 2.30 bits per heavy atom. The minimum Gasteiger partial charge on any atom is -0.444 e. The van der Waals surface area contributed by atoms with E-state index in [1.165, 1.54) is 0 Å². The molecule has 0 saturated carbocycles. The number of aromatic nitrogens is 1. The van der Waals surface area contributed by atoms with Crippen LogP contribution < -0.4 is 5.32 Å². The molecule has 2 fully saturated rings. The van der Waals surface area contributed by atoms with Gasteiger partial charge in [0.2, 0.25) is 0 Å². The number of hydrogen-bond acceptors (Lipinski definition) is 7. The largest absolute Gasteiger partial charge is 0.444 e. The lowest BCUT2D eigenvalue weighted by atomic mass is 10.2. The van der Waals surface area contributed by atoms with Crippen molar-refractivity contribution in [3.05, 3.63) is 18.0 Å². The number of halogens is 1. The lowest BCUT2D eigenvalue weighted by molar-refractivity contribution is 0.0148. The van der Waals surface area contributed by atoms with E-state index < -0.39 is 5.60 Å². The number of nitrogens with zero attached hydrogens (tertiary/aromatic N) is 6. The zero-order chi connectivity index (χ0) is 23.0. The van der Waals surface area contributed by atoms with Crippen LogP contribution in [0.15, 0.2) is 21.8 Å². The van der Waals surface area contributed by atoms with Gasteiger partial charge in [0.05, 0.1) is 12.2 Å². The molecule has 10 nitrogen and oxygen atoms in total. The molecular formula is C22H40IN7O3. The van der Waals surface area contributed by atoms with Crippen molar-refractivity contribution in [1.29, 1.82) is 0 Å². The third-order valence-corrected chi connectivity index (χ3v) is 5.59. The summed E-state index contributed by atoms with van der Waals surface area (Å²) in [5, 5.41) is 7.45. The Balaban J connectivity index is 0.00000385. The van der Waals surface area contributed by atoms with Gasteiger partial charge in [-0.25, -0.2) is 4.79 Å². The summed E-state index contributed by atoms with van der Waals surface area (Å²) in [6.45, 7) is 18.1. The van der Waals surface area contributed by atoms with Crippen molar-refractivity contribution in [2.24, 2.45) is 4.99 Å². The molecule has 0 aromatic carbocycles. The maximum Gasteiger partial charge on any atom is 0.410 e. The first-order valence-corrected chi connectivity index (χ1v) is 11.7. The van der Waals surface area contributed by atoms with Crippen molar-refractivity contribution in [2.45, 2.75) is 39.8 Å². The number of carbonyl (C=O) groups excluding carboxylic acids is 1. The number of nitrogens with one attached hydrogen (secondary N) is 1. The molecule has 1 aromatic rings. The molecule has 3 heterocycles. The van der Waals surface area contributed by atoms with Crippen molar-refractivity contribution in [2.75, 3.05) is 72.0 Å². The minimum atomic E-state index is -0.451. The van der Waals surface area contributed by atoms with Crippen LogP contribution in [0.4, 0.5) is 4.79 Å². The SMILES string of the molecule is CCNC(=NCCN1CCN(C(=O)OC(C)(C)C)CC1)N1CCN(Cc2ccon2)CC1.I. The van der Waals surface area contributed by atoms with E-state index in [9.17, 15) is 4.79 Å². The van der Waals surface area contributed by atoms with E-state index in [0.717, 1.165) is 77.1 Å². The summed E-state index contributed by atoms with van der Waals surface area (Å²) in [5.74, 6) is 0.987. The van der Waals surface area contributed by atoms with Gasteiger partial charge < -0.3 is 24.4 Å². The van der Waals surface area contributed by atoms with Gasteiger partial charge in [0.15, 0.2) is 5.96 Å². The molecule has 2 saturated heterocycles. The molecule has 1 N–H and O–H groups in total. The van der Waals surface area contributed by atoms with Crippen molar-refractivity contribution in [3.63, 3.8) is 0 Å². The monoisotopic (exact) mass is 577 g/mol. The molecule has 188 valence electrons. The van der Waals surface area contributed by atoms with Gasteiger partial charge in [0.25, 0.3) is 0 Å². The van der Waals surface area contributed by atoms with Crippen LogP contribution in [0.25, 0.3) is 0 Å². The molecule has 0 bridgehead atoms. The highest BCUT2D eigenvalue weighted by Gasteiger charge is 2.26. The van der Waals surface area contributed by atoms with Crippen LogP contribution in [0.1, 0.15) is 33.4 Å². The molecule has 1 amide bonds. The third kappa shape index (κ3) is 9.28. The molecular weight excluding hydrogens is 537 g/mol. The van der Waals surface area contributed by atoms with Gasteiger partial charge in [-0.1, -0.05) is 5.16 Å². The summed E-state index contributed by atoms with van der Waals surface area (Å²) >= 11 is 0. The maximum absolute atomic E-state index is 12.2. The van der Waals surface area contributed by atoms with E-state index in [1.54, 1.807) is 11.2 Å². The average molecular weight is 578 g/mol. The number of rotatable bonds is 6. The number of hydrogen-bond donors (Lipinski definition) is 1. The van der Waals surface area contributed by atoms with Crippen molar-refractivity contribution in [1.82, 2.24) is 30.1 Å². The second kappa shape index (κ2) is 13.3. The molecule has 2 aliphatic heterocycles. The fourth-order valence-corrected chi connectivity index (χ4v) is 3.87. The first-order chi connectivity index (χ1) is 15.3. The van der Waals surface area contributed by atoms with Gasteiger partial charge in [-0.2, -0.15) is 0 Å². The summed E-state index contributed by atoms with van der Waals surface area (Å²) in [7, 11) is 0. The Bertz CT molecular complexity index is 723. The average Bonchev–Trinajstić information content (AvgIpc) is 3.26. The molecule has 0 aliphatic carbocycles. The Morgan fingerprint density at radius 1 is 1.09 bits per heavy atom. The van der Waals surface area contributed by atoms with Crippen LogP contribution >= 0.6 is 24.0 Å². The normalized spacial score (nSPS) is 18.7. The van der Waals surface area contributed by atoms with Gasteiger partial charge >= 0.3 is 6.09 Å². The quantitative estimate of drug-likeness (QED) is 0.312. The van der Waals surface area contributed by atoms with Crippen LogP contribution in [0.5, 0.6) is 0 Å². The molecule has 0 atom stereocenters. The molecule has 0 unspecified atom stereocenters. The van der Waals surface area contributed by atoms with E-state index in [-0.39, 0.29) is 30.1 Å². The van der Waals surface area contributed by atoms with Crippen molar-refractivity contribution >= 4 is 36.0 Å². The van der Waals surface area contributed by atoms with Crippen LogP contribution in [0.2, 0.25) is 0 Å². The smallest absolute Gasteiger partial charge is 0.410 e. The summed E-state index contributed by atoms with van der Waals surface area (Å²) in [6, 6.07) is 1.92. The number of ether oxygens (including phenoxy) is 1. The highest BCUT2D eigenvalue weighted by Crippen LogP contribution is 2.12. The Labute approximate surface area is 214 Å². The summed E-state index contributed by atoms with van der Waals surface area (Å²) < 4.78 is 10.4. The number of guanidine groups is 1. The van der Waals surface area contributed by atoms with E-state index in [4.69, 9.17) is 14.3 Å². The second-order valence-electron chi connectivity index (χ2n) is 9.30. The van der Waals surface area contributed by atoms with E-state index in [0.29, 0.717) is 13.1 Å². The fraction of sp³-hybridized carbons (Fsp3) is 0.773. The molecule has 0 spiro atoms. The van der Waals surface area contributed by atoms with Crippen molar-refractivity contribution < 1.29 is 14.1 Å². The third-order valence-electron chi connectivity index (χ3n) is 5.59. The van der Waals surface area contributed by atoms with Crippen LogP contribution in [-0.2, 0) is 11.3 Å². The van der Waals surface area contributed by atoms with Crippen LogP contribution in [0.3, 0.4) is 0 Å². The highest BCUT2D eigenvalue weighted by molar-refractivity contribution is 14.0. The first-order valence-electron chi connectivity index (χ1n) is 11.7. The standard InChI is InChI=1S/C22H39N7O3.HI/c1-5-23-20(28-13-11-27(12-14-28)18-19-6-17-31-25-19)24-7-8-26-9-15-29(16-10-26)21(30)32-22(2,3)4;/h6,17H,5,7-16,18H2,1-4H3,(H,23,24);1H. The minimum absolute atomic E-state index is 0. The summed E-state index contributed by atoms with van der Waals surface area (Å²) in [4.78, 5) is 26.0. The molecule has 0 radical (unpaired) electrons. The van der Waals surface area contributed by atoms with Gasteiger partial charge in [0.1, 0.15) is 11.9 Å². The number of piperazine rings is 2. The molecule has 11 heteroatoms. The maximum atomic E-state index is 12.2. The van der Waals surface area contributed by atoms with Gasteiger partial charge in [-0.3, -0.25) is 14.8 Å². The zero-order valence-electron chi connectivity index (χ0n) is 20.5. The predicted molar refractivity (Wildman–Crippen MR) is 139 cm³/mol. The summed E-state index contributed by atoms with van der Waals surface area (Å²) in [6.07, 6.45) is 1.41. The Hall–Kier alpha value is -1.60. The van der Waals surface area contributed by atoms with Gasteiger partial charge in [-0.15, -0.1) is 24.0 Å². The first kappa shape index (κ1) is 27.6. The zero-order valence-corrected chi connectivity index (χ0v) is 22.8. The number of carbonyl (C=O) groups is 1. The molecule has 33 heavy (non-hydrogen) atoms. The molecule has 2 aliphatic rings. The van der Waals surface area contributed by atoms with Crippen LogP contribution in [-0.4, -0.2) is 114 Å². The molecule has 3 rings (SSSR count). The Morgan fingerprint density at radius 2 is 1.73 bits per heavy atom. The van der Waals surface area contributed by atoms with E-state index >= 15 is 0 Å². The van der Waals surface area contributed by atoms with E-state index in [2.05, 4.69) is 32.1 Å². The lowest BCUT2D eigenvalue weighted by Crippen LogP contribution is -2.52. The second-order valence-corrected chi connectivity index (χ2v) is 9.30. The van der Waals surface area contributed by atoms with E-state index in [1.807, 2.05) is 26.8 Å². The highest BCUT2D eigenvalue weighted by atomic mass is 127. The number of aliphatic imine (C=N–C) groups is 1. The summed E-state index contributed by atoms with van der Waals surface area (Å²) in [5.41, 5.74) is 0.526.